The molecule has 1 heterocycles. The minimum absolute atomic E-state index is 0. The van der Waals surface area contributed by atoms with Crippen molar-refractivity contribution in [2.24, 2.45) is 0 Å². The Bertz CT molecular complexity index is 952. The van der Waals surface area contributed by atoms with Gasteiger partial charge < -0.3 is 24.9 Å². The number of rotatable bonds is 2. The summed E-state index contributed by atoms with van der Waals surface area (Å²) in [6.07, 6.45) is 0. The van der Waals surface area contributed by atoms with E-state index in [1.807, 2.05) is 0 Å². The first-order chi connectivity index (χ1) is 12.0. The van der Waals surface area contributed by atoms with Gasteiger partial charge in [0.1, 0.15) is 17.2 Å². The van der Waals surface area contributed by atoms with Gasteiger partial charge in [-0.2, -0.15) is 0 Å². The maximum absolute atomic E-state index is 11.7. The number of benzene rings is 3. The number of phenols is 1. The van der Waals surface area contributed by atoms with E-state index in [0.717, 1.165) is 0 Å². The van der Waals surface area contributed by atoms with Crippen molar-refractivity contribution >= 4 is 5.97 Å². The van der Waals surface area contributed by atoms with Crippen molar-refractivity contribution in [2.75, 3.05) is 0 Å². The number of ether oxygens (including phenoxy) is 1. The summed E-state index contributed by atoms with van der Waals surface area (Å²) >= 11 is 0. The van der Waals surface area contributed by atoms with Gasteiger partial charge in [-0.05, 0) is 17.7 Å². The van der Waals surface area contributed by atoms with Crippen LogP contribution in [0.1, 0.15) is 33.0 Å². The number of hydrogen-bond acceptors (Lipinski definition) is 5. The summed E-state index contributed by atoms with van der Waals surface area (Å²) in [6.45, 7) is 0. The van der Waals surface area contributed by atoms with Crippen LogP contribution in [0.2, 0.25) is 0 Å². The minimum Gasteiger partial charge on any atom is -0.872 e. The second-order valence-corrected chi connectivity index (χ2v) is 5.83. The van der Waals surface area contributed by atoms with Crippen molar-refractivity contribution in [3.63, 3.8) is 0 Å². The molecule has 1 unspecified atom stereocenters. The summed E-state index contributed by atoms with van der Waals surface area (Å²) in [6, 6.07) is 15.7. The standard InChI is InChI=1S/C20H14O5.2K/c21-11-5-7-15-17(9-11)25-18-10-12(22)6-8-16(18)19(15)13-3-1-2-4-14(13)20(23)24;;/h1-10,19,21-22H,(H,23,24);;/q;2*+1/p-2. The smallest absolute Gasteiger partial charge is 0.872 e. The number of phenolic OH excluding ortho intramolecular Hbond substituents is 1. The van der Waals surface area contributed by atoms with Crippen LogP contribution in [0, 0.1) is 0 Å². The zero-order valence-corrected chi connectivity index (χ0v) is 21.2. The summed E-state index contributed by atoms with van der Waals surface area (Å²) in [5.41, 5.74) is 2.01. The molecule has 5 nitrogen and oxygen atoms in total. The molecule has 7 heteroatoms. The van der Waals surface area contributed by atoms with Gasteiger partial charge in [0, 0.05) is 28.7 Å². The van der Waals surface area contributed by atoms with Gasteiger partial charge in [-0.1, -0.05) is 42.5 Å². The van der Waals surface area contributed by atoms with E-state index < -0.39 is 11.9 Å². The maximum Gasteiger partial charge on any atom is 1.00 e. The van der Waals surface area contributed by atoms with E-state index in [0.29, 0.717) is 28.2 Å². The monoisotopic (exact) mass is 410 g/mol. The number of hydrogen-bond donors (Lipinski definition) is 1. The van der Waals surface area contributed by atoms with Crippen LogP contribution < -0.4 is 118 Å². The van der Waals surface area contributed by atoms with Gasteiger partial charge in [-0.3, -0.25) is 0 Å². The minimum atomic E-state index is -1.27. The second-order valence-electron chi connectivity index (χ2n) is 5.83. The quantitative estimate of drug-likeness (QED) is 0.342. The molecule has 1 aliphatic rings. The average molecular weight is 411 g/mol. The van der Waals surface area contributed by atoms with E-state index in [1.54, 1.807) is 30.3 Å². The van der Waals surface area contributed by atoms with Crippen molar-refractivity contribution in [1.29, 1.82) is 0 Å². The van der Waals surface area contributed by atoms with E-state index in [1.165, 1.54) is 30.3 Å². The fraction of sp³-hybridized carbons (Fsp3) is 0.0500. The largest absolute Gasteiger partial charge is 1.00 e. The molecule has 1 N–H and O–H groups in total. The molecule has 0 radical (unpaired) electrons. The normalized spacial score (nSPS) is 13.9. The number of fused-ring (bicyclic) bond motifs is 2. The zero-order valence-electron chi connectivity index (χ0n) is 14.9. The van der Waals surface area contributed by atoms with Crippen LogP contribution in [0.3, 0.4) is 0 Å². The van der Waals surface area contributed by atoms with Crippen molar-refractivity contribution in [3.05, 3.63) is 82.9 Å². The molecular formula is C20H12K2O5. The molecule has 0 bridgehead atoms. The third-order valence-corrected chi connectivity index (χ3v) is 4.32. The van der Waals surface area contributed by atoms with Crippen molar-refractivity contribution in [2.45, 2.75) is 5.92 Å². The molecule has 27 heavy (non-hydrogen) atoms. The van der Waals surface area contributed by atoms with Crippen molar-refractivity contribution in [3.8, 4) is 23.0 Å². The number of carboxylic acids is 1. The fourth-order valence-corrected chi connectivity index (χ4v) is 3.25. The SMILES string of the molecule is O=C([O-])c1ccccc1C1c2ccc([O-])cc2Oc2cc(O)ccc21.[K+].[K+]. The Morgan fingerprint density at radius 1 is 0.889 bits per heavy atom. The molecule has 0 saturated heterocycles. The van der Waals surface area contributed by atoms with Gasteiger partial charge in [-0.15, -0.1) is 5.75 Å². The molecule has 0 fully saturated rings. The summed E-state index contributed by atoms with van der Waals surface area (Å²) in [5, 5.41) is 33.0. The predicted molar refractivity (Wildman–Crippen MR) is 85.8 cm³/mol. The average Bonchev–Trinajstić information content (AvgIpc) is 2.59. The van der Waals surface area contributed by atoms with Crippen molar-refractivity contribution < 1.29 is 128 Å². The zero-order chi connectivity index (χ0) is 17.6. The maximum atomic E-state index is 11.7. The number of carbonyl (C=O) groups is 1. The topological polar surface area (TPSA) is 92.7 Å². The number of aromatic carboxylic acids is 1. The Morgan fingerprint density at radius 2 is 1.52 bits per heavy atom. The molecule has 0 spiro atoms. The first-order valence-electron chi connectivity index (χ1n) is 7.66. The van der Waals surface area contributed by atoms with Crippen LogP contribution in [-0.4, -0.2) is 11.1 Å². The van der Waals surface area contributed by atoms with Gasteiger partial charge in [0.2, 0.25) is 0 Å². The van der Waals surface area contributed by atoms with Gasteiger partial charge in [0.15, 0.2) is 0 Å². The van der Waals surface area contributed by atoms with E-state index in [-0.39, 0.29) is 120 Å². The van der Waals surface area contributed by atoms with Crippen LogP contribution in [0.5, 0.6) is 23.0 Å². The third-order valence-electron chi connectivity index (χ3n) is 4.32. The van der Waals surface area contributed by atoms with Crippen LogP contribution in [0.15, 0.2) is 60.7 Å². The van der Waals surface area contributed by atoms with E-state index in [4.69, 9.17) is 4.74 Å². The molecule has 1 atom stereocenters. The number of aromatic hydroxyl groups is 1. The van der Waals surface area contributed by atoms with Gasteiger partial charge in [0.25, 0.3) is 0 Å². The van der Waals surface area contributed by atoms with E-state index in [9.17, 15) is 20.1 Å². The van der Waals surface area contributed by atoms with Crippen LogP contribution in [-0.2, 0) is 0 Å². The molecule has 3 aromatic carbocycles. The Labute approximate surface area is 241 Å². The Kier molecular flexibility index (Phi) is 8.15. The molecule has 0 aliphatic carbocycles. The molecule has 0 saturated carbocycles. The van der Waals surface area contributed by atoms with Gasteiger partial charge in [0.05, 0.1) is 5.97 Å². The van der Waals surface area contributed by atoms with Crippen LogP contribution in [0.25, 0.3) is 0 Å². The summed E-state index contributed by atoms with van der Waals surface area (Å²) < 4.78 is 5.77. The van der Waals surface area contributed by atoms with Gasteiger partial charge >= 0.3 is 103 Å². The second kappa shape index (κ2) is 9.53. The summed E-state index contributed by atoms with van der Waals surface area (Å²) in [5.74, 6) is -1.18. The first-order valence-corrected chi connectivity index (χ1v) is 7.66. The van der Waals surface area contributed by atoms with Crippen molar-refractivity contribution in [1.82, 2.24) is 0 Å². The molecule has 1 aliphatic heterocycles. The Morgan fingerprint density at radius 3 is 2.22 bits per heavy atom. The summed E-state index contributed by atoms with van der Waals surface area (Å²) in [4.78, 5) is 11.6. The molecule has 4 rings (SSSR count). The van der Waals surface area contributed by atoms with Gasteiger partial charge in [-0.25, -0.2) is 0 Å². The van der Waals surface area contributed by atoms with Crippen LogP contribution in [0.4, 0.5) is 0 Å². The molecule has 3 aromatic rings. The van der Waals surface area contributed by atoms with Crippen LogP contribution >= 0.6 is 0 Å². The Hall–Kier alpha value is -0.197. The Balaban J connectivity index is 0.00000131. The first kappa shape index (κ1) is 23.1. The fourth-order valence-electron chi connectivity index (χ4n) is 3.25. The third kappa shape index (κ3) is 4.53. The number of carboxylic acid groups (broad SMARTS) is 1. The summed E-state index contributed by atoms with van der Waals surface area (Å²) in [7, 11) is 0. The predicted octanol–water partition coefficient (Wildman–Crippen LogP) is -3.88. The van der Waals surface area contributed by atoms with E-state index in [2.05, 4.69) is 0 Å². The molecule has 0 aromatic heterocycles. The molecule has 124 valence electrons. The molecular weight excluding hydrogens is 398 g/mol. The number of carbonyl (C=O) groups excluding carboxylic acids is 1. The molecule has 0 amide bonds. The van der Waals surface area contributed by atoms with E-state index >= 15 is 0 Å².